The predicted molar refractivity (Wildman–Crippen MR) is 47.7 cm³/mol. The Hall–Kier alpha value is -0.850. The molecule has 0 atom stereocenters. The van der Waals surface area contributed by atoms with Gasteiger partial charge >= 0.3 is 0 Å². The van der Waals surface area contributed by atoms with Crippen molar-refractivity contribution in [3.63, 3.8) is 0 Å². The first-order valence-electron chi connectivity index (χ1n) is 4.19. The first-order valence-corrected chi connectivity index (χ1v) is 4.19. The lowest BCUT2D eigenvalue weighted by Crippen LogP contribution is -1.92. The molecule has 60 valence electrons. The Balaban J connectivity index is 2.83. The molecule has 1 heteroatoms. The Bertz CT molecular complexity index is 211. The maximum Gasteiger partial charge on any atom is 0.0429 e. The van der Waals surface area contributed by atoms with Crippen LogP contribution in [0.1, 0.15) is 37.9 Å². The summed E-state index contributed by atoms with van der Waals surface area (Å²) in [5.74, 6) is 0.543. The molecule has 0 aliphatic carbocycles. The van der Waals surface area contributed by atoms with Crippen LogP contribution in [0.4, 0.5) is 0 Å². The molecule has 1 nitrogen and oxygen atoms in total. The highest BCUT2D eigenvalue weighted by Gasteiger charge is 1.98. The van der Waals surface area contributed by atoms with E-state index in [0.717, 1.165) is 6.42 Å². The lowest BCUT2D eigenvalue weighted by molar-refractivity contribution is 0.819. The maximum atomic E-state index is 4.35. The van der Waals surface area contributed by atoms with Gasteiger partial charge in [-0.2, -0.15) is 0 Å². The average molecular weight is 149 g/mol. The van der Waals surface area contributed by atoms with Gasteiger partial charge in [0.2, 0.25) is 0 Å². The predicted octanol–water partition coefficient (Wildman–Crippen LogP) is 2.77. The molecule has 0 aromatic carbocycles. The topological polar surface area (TPSA) is 12.9 Å². The minimum Gasteiger partial charge on any atom is -0.261 e. The molecule has 0 bridgehead atoms. The molecular formula is C10H15N. The van der Waals surface area contributed by atoms with Gasteiger partial charge in [-0.3, -0.25) is 4.98 Å². The van der Waals surface area contributed by atoms with E-state index >= 15 is 0 Å². The molecule has 0 fully saturated rings. The molecule has 1 aromatic rings. The van der Waals surface area contributed by atoms with Gasteiger partial charge in [0.25, 0.3) is 0 Å². The van der Waals surface area contributed by atoms with Gasteiger partial charge in [0, 0.05) is 11.9 Å². The van der Waals surface area contributed by atoms with Crippen molar-refractivity contribution in [2.24, 2.45) is 0 Å². The summed E-state index contributed by atoms with van der Waals surface area (Å²) in [6, 6.07) is 4.27. The standard InChI is InChI=1S/C10H15N/c1-4-9-5-6-10(8(2)3)11-7-9/h5-8H,4H2,1-3H3. The largest absolute Gasteiger partial charge is 0.261 e. The molecular weight excluding hydrogens is 134 g/mol. The minimum absolute atomic E-state index is 0.543. The summed E-state index contributed by atoms with van der Waals surface area (Å²) in [4.78, 5) is 4.35. The molecule has 0 spiro atoms. The third-order valence-electron chi connectivity index (χ3n) is 1.85. The minimum atomic E-state index is 0.543. The van der Waals surface area contributed by atoms with Crippen molar-refractivity contribution in [1.29, 1.82) is 0 Å². The van der Waals surface area contributed by atoms with E-state index in [1.807, 2.05) is 6.20 Å². The highest BCUT2D eigenvalue weighted by molar-refractivity contribution is 5.15. The smallest absolute Gasteiger partial charge is 0.0429 e. The molecule has 1 rings (SSSR count). The molecule has 0 saturated carbocycles. The normalized spacial score (nSPS) is 10.5. The number of pyridine rings is 1. The van der Waals surface area contributed by atoms with Gasteiger partial charge in [-0.1, -0.05) is 26.8 Å². The van der Waals surface area contributed by atoms with Crippen LogP contribution in [0.2, 0.25) is 0 Å². The van der Waals surface area contributed by atoms with Crippen molar-refractivity contribution < 1.29 is 0 Å². The van der Waals surface area contributed by atoms with Gasteiger partial charge in [-0.25, -0.2) is 0 Å². The first-order chi connectivity index (χ1) is 5.24. The van der Waals surface area contributed by atoms with Crippen LogP contribution in [-0.2, 0) is 6.42 Å². The average Bonchev–Trinajstić information content (AvgIpc) is 2.05. The van der Waals surface area contributed by atoms with E-state index in [2.05, 4.69) is 37.9 Å². The summed E-state index contributed by atoms with van der Waals surface area (Å²) in [5, 5.41) is 0. The second kappa shape index (κ2) is 3.51. The van der Waals surface area contributed by atoms with Crippen LogP contribution in [0, 0.1) is 0 Å². The van der Waals surface area contributed by atoms with E-state index in [-0.39, 0.29) is 0 Å². The second-order valence-electron chi connectivity index (χ2n) is 3.10. The lowest BCUT2D eigenvalue weighted by Gasteiger charge is -2.03. The van der Waals surface area contributed by atoms with Crippen LogP contribution in [0.25, 0.3) is 0 Å². The van der Waals surface area contributed by atoms with Gasteiger partial charge in [0.05, 0.1) is 0 Å². The van der Waals surface area contributed by atoms with Crippen molar-refractivity contribution in [1.82, 2.24) is 4.98 Å². The van der Waals surface area contributed by atoms with Crippen molar-refractivity contribution in [2.45, 2.75) is 33.1 Å². The molecule has 0 aliphatic heterocycles. The quantitative estimate of drug-likeness (QED) is 0.630. The first kappa shape index (κ1) is 8.25. The monoisotopic (exact) mass is 149 g/mol. The van der Waals surface area contributed by atoms with Gasteiger partial charge < -0.3 is 0 Å². The molecule has 0 N–H and O–H groups in total. The number of aryl methyl sites for hydroxylation is 1. The molecule has 1 aromatic heterocycles. The van der Waals surface area contributed by atoms with Crippen LogP contribution in [0.5, 0.6) is 0 Å². The van der Waals surface area contributed by atoms with Gasteiger partial charge in [-0.15, -0.1) is 0 Å². The Morgan fingerprint density at radius 3 is 2.45 bits per heavy atom. The number of aromatic nitrogens is 1. The molecule has 0 unspecified atom stereocenters. The van der Waals surface area contributed by atoms with E-state index in [0.29, 0.717) is 5.92 Å². The Morgan fingerprint density at radius 2 is 2.09 bits per heavy atom. The van der Waals surface area contributed by atoms with E-state index in [1.165, 1.54) is 11.3 Å². The maximum absolute atomic E-state index is 4.35. The number of nitrogens with zero attached hydrogens (tertiary/aromatic N) is 1. The van der Waals surface area contributed by atoms with Crippen LogP contribution in [-0.4, -0.2) is 4.98 Å². The van der Waals surface area contributed by atoms with Crippen molar-refractivity contribution in [2.75, 3.05) is 0 Å². The third-order valence-corrected chi connectivity index (χ3v) is 1.85. The van der Waals surface area contributed by atoms with Crippen molar-refractivity contribution in [3.05, 3.63) is 29.6 Å². The zero-order chi connectivity index (χ0) is 8.27. The highest BCUT2D eigenvalue weighted by Crippen LogP contribution is 2.11. The summed E-state index contributed by atoms with van der Waals surface area (Å²) in [5.41, 5.74) is 2.50. The van der Waals surface area contributed by atoms with Crippen molar-refractivity contribution in [3.8, 4) is 0 Å². The molecule has 1 heterocycles. The number of rotatable bonds is 2. The molecule has 0 aliphatic rings. The zero-order valence-corrected chi connectivity index (χ0v) is 7.46. The summed E-state index contributed by atoms with van der Waals surface area (Å²) in [6.07, 6.45) is 3.04. The Kier molecular flexibility index (Phi) is 2.64. The van der Waals surface area contributed by atoms with E-state index in [1.54, 1.807) is 0 Å². The number of hydrogen-bond donors (Lipinski definition) is 0. The molecule has 11 heavy (non-hydrogen) atoms. The summed E-state index contributed by atoms with van der Waals surface area (Å²) >= 11 is 0. The lowest BCUT2D eigenvalue weighted by atomic mass is 10.1. The van der Waals surface area contributed by atoms with Crippen LogP contribution in [0.3, 0.4) is 0 Å². The Labute approximate surface area is 68.5 Å². The van der Waals surface area contributed by atoms with Crippen LogP contribution >= 0.6 is 0 Å². The fourth-order valence-corrected chi connectivity index (χ4v) is 0.987. The molecule has 0 amide bonds. The van der Waals surface area contributed by atoms with Crippen LogP contribution in [0.15, 0.2) is 18.3 Å². The van der Waals surface area contributed by atoms with Gasteiger partial charge in [-0.05, 0) is 24.0 Å². The third kappa shape index (κ3) is 2.04. The summed E-state index contributed by atoms with van der Waals surface area (Å²) < 4.78 is 0. The molecule has 0 saturated heterocycles. The Morgan fingerprint density at radius 1 is 1.36 bits per heavy atom. The fourth-order valence-electron chi connectivity index (χ4n) is 0.987. The van der Waals surface area contributed by atoms with Gasteiger partial charge in [0.1, 0.15) is 0 Å². The fraction of sp³-hybridized carbons (Fsp3) is 0.500. The number of hydrogen-bond acceptors (Lipinski definition) is 1. The van der Waals surface area contributed by atoms with E-state index in [4.69, 9.17) is 0 Å². The van der Waals surface area contributed by atoms with Gasteiger partial charge in [0.15, 0.2) is 0 Å². The zero-order valence-electron chi connectivity index (χ0n) is 7.46. The summed E-state index contributed by atoms with van der Waals surface area (Å²) in [6.45, 7) is 6.47. The highest BCUT2D eigenvalue weighted by atomic mass is 14.7. The molecule has 0 radical (unpaired) electrons. The second-order valence-corrected chi connectivity index (χ2v) is 3.10. The van der Waals surface area contributed by atoms with E-state index < -0.39 is 0 Å². The SMILES string of the molecule is CCc1ccc(C(C)C)nc1. The van der Waals surface area contributed by atoms with Crippen LogP contribution < -0.4 is 0 Å². The summed E-state index contributed by atoms with van der Waals surface area (Å²) in [7, 11) is 0. The van der Waals surface area contributed by atoms with E-state index in [9.17, 15) is 0 Å². The van der Waals surface area contributed by atoms with Crippen molar-refractivity contribution >= 4 is 0 Å².